The van der Waals surface area contributed by atoms with Gasteiger partial charge in [0.15, 0.2) is 0 Å². The van der Waals surface area contributed by atoms with Crippen LogP contribution in [0.2, 0.25) is 5.02 Å². The van der Waals surface area contributed by atoms with Crippen LogP contribution in [0.15, 0.2) is 40.9 Å². The number of rotatable bonds is 2. The lowest BCUT2D eigenvalue weighted by Crippen LogP contribution is -2.14. The van der Waals surface area contributed by atoms with Crippen molar-refractivity contribution in [3.05, 3.63) is 68.1 Å². The summed E-state index contributed by atoms with van der Waals surface area (Å²) in [5.41, 5.74) is 7.34. The molecule has 1 unspecified atom stereocenters. The van der Waals surface area contributed by atoms with Crippen LogP contribution in [0, 0.1) is 6.92 Å². The molecule has 6 heteroatoms. The van der Waals surface area contributed by atoms with Gasteiger partial charge >= 0.3 is 6.18 Å². The molecule has 2 aromatic carbocycles. The Morgan fingerprint density at radius 2 is 1.81 bits per heavy atom. The molecule has 1 nitrogen and oxygen atoms in total. The van der Waals surface area contributed by atoms with E-state index in [0.717, 1.165) is 22.2 Å². The summed E-state index contributed by atoms with van der Waals surface area (Å²) in [6.07, 6.45) is -4.35. The average molecular weight is 379 g/mol. The van der Waals surface area contributed by atoms with E-state index < -0.39 is 17.8 Å². The molecule has 0 heterocycles. The molecule has 0 bridgehead atoms. The van der Waals surface area contributed by atoms with E-state index in [1.165, 1.54) is 6.07 Å². The van der Waals surface area contributed by atoms with Gasteiger partial charge in [0.25, 0.3) is 0 Å². The van der Waals surface area contributed by atoms with Crippen LogP contribution in [-0.2, 0) is 6.18 Å². The van der Waals surface area contributed by atoms with Gasteiger partial charge in [-0.15, -0.1) is 0 Å². The molecular weight excluding hydrogens is 367 g/mol. The molecule has 21 heavy (non-hydrogen) atoms. The van der Waals surface area contributed by atoms with Crippen LogP contribution in [0.25, 0.3) is 0 Å². The number of halogens is 5. The predicted molar refractivity (Wildman–Crippen MR) is 81.4 cm³/mol. The standard InChI is InChI=1S/C15H12BrClF3N/c1-8-6-10(15(18,19)20)3-4-11(8)14(21)9-2-5-12(16)13(17)7-9/h2-7,14H,21H2,1H3. The molecule has 0 spiro atoms. The number of nitrogens with two attached hydrogens (primary N) is 1. The summed E-state index contributed by atoms with van der Waals surface area (Å²) in [5.74, 6) is 0. The van der Waals surface area contributed by atoms with Crippen molar-refractivity contribution in [2.75, 3.05) is 0 Å². The highest BCUT2D eigenvalue weighted by atomic mass is 79.9. The minimum atomic E-state index is -4.35. The van der Waals surface area contributed by atoms with Crippen molar-refractivity contribution in [3.8, 4) is 0 Å². The first kappa shape index (κ1) is 16.3. The van der Waals surface area contributed by atoms with Crippen LogP contribution < -0.4 is 5.73 Å². The Bertz CT molecular complexity index is 670. The van der Waals surface area contributed by atoms with Crippen molar-refractivity contribution < 1.29 is 13.2 Å². The molecule has 112 valence electrons. The summed E-state index contributed by atoms with van der Waals surface area (Å²) >= 11 is 9.30. The second-order valence-electron chi connectivity index (χ2n) is 4.72. The van der Waals surface area contributed by atoms with Gasteiger partial charge in [-0.05, 0) is 63.8 Å². The summed E-state index contributed by atoms with van der Waals surface area (Å²) < 4.78 is 38.7. The zero-order valence-corrected chi connectivity index (χ0v) is 13.4. The monoisotopic (exact) mass is 377 g/mol. The highest BCUT2D eigenvalue weighted by Gasteiger charge is 2.31. The lowest BCUT2D eigenvalue weighted by molar-refractivity contribution is -0.137. The summed E-state index contributed by atoms with van der Waals surface area (Å²) in [7, 11) is 0. The maximum absolute atomic E-state index is 12.7. The van der Waals surface area contributed by atoms with Crippen molar-refractivity contribution in [1.29, 1.82) is 0 Å². The zero-order chi connectivity index (χ0) is 15.8. The smallest absolute Gasteiger partial charge is 0.320 e. The van der Waals surface area contributed by atoms with E-state index >= 15 is 0 Å². The molecule has 0 saturated heterocycles. The van der Waals surface area contributed by atoms with E-state index in [1.54, 1.807) is 25.1 Å². The molecule has 2 rings (SSSR count). The van der Waals surface area contributed by atoms with Crippen LogP contribution in [0.1, 0.15) is 28.3 Å². The maximum atomic E-state index is 12.7. The first-order valence-electron chi connectivity index (χ1n) is 6.08. The molecule has 2 aromatic rings. The predicted octanol–water partition coefficient (Wildman–Crippen LogP) is 5.48. The minimum Gasteiger partial charge on any atom is -0.320 e. The normalized spacial score (nSPS) is 13.3. The third-order valence-corrected chi connectivity index (χ3v) is 4.47. The maximum Gasteiger partial charge on any atom is 0.416 e. The number of hydrogen-bond acceptors (Lipinski definition) is 1. The minimum absolute atomic E-state index is 0.497. The molecule has 0 aliphatic rings. The molecule has 0 saturated carbocycles. The first-order chi connectivity index (χ1) is 9.70. The molecule has 0 aliphatic heterocycles. The highest BCUT2D eigenvalue weighted by molar-refractivity contribution is 9.10. The number of hydrogen-bond donors (Lipinski definition) is 1. The van der Waals surface area contributed by atoms with E-state index in [4.69, 9.17) is 17.3 Å². The Morgan fingerprint density at radius 3 is 2.33 bits per heavy atom. The highest BCUT2D eigenvalue weighted by Crippen LogP contribution is 2.33. The van der Waals surface area contributed by atoms with Crippen LogP contribution in [0.3, 0.4) is 0 Å². The zero-order valence-electron chi connectivity index (χ0n) is 11.0. The fraction of sp³-hybridized carbons (Fsp3) is 0.200. The Morgan fingerprint density at radius 1 is 1.14 bits per heavy atom. The van der Waals surface area contributed by atoms with Crippen LogP contribution in [0.5, 0.6) is 0 Å². The molecule has 0 aliphatic carbocycles. The van der Waals surface area contributed by atoms with Gasteiger partial charge in [-0.25, -0.2) is 0 Å². The second-order valence-corrected chi connectivity index (χ2v) is 5.98. The SMILES string of the molecule is Cc1cc(C(F)(F)F)ccc1C(N)c1ccc(Br)c(Cl)c1. The molecule has 2 N–H and O–H groups in total. The van der Waals surface area contributed by atoms with Crippen molar-refractivity contribution >= 4 is 27.5 Å². The quantitative estimate of drug-likeness (QED) is 0.736. The Kier molecular flexibility index (Phi) is 4.66. The van der Waals surface area contributed by atoms with Gasteiger partial charge < -0.3 is 5.73 Å². The van der Waals surface area contributed by atoms with Crippen LogP contribution in [0.4, 0.5) is 13.2 Å². The van der Waals surface area contributed by atoms with Crippen molar-refractivity contribution in [3.63, 3.8) is 0 Å². The Balaban J connectivity index is 2.39. The van der Waals surface area contributed by atoms with Gasteiger partial charge in [0, 0.05) is 4.47 Å². The molecule has 1 atom stereocenters. The topological polar surface area (TPSA) is 26.0 Å². The van der Waals surface area contributed by atoms with Gasteiger partial charge in [0.2, 0.25) is 0 Å². The summed E-state index contributed by atoms with van der Waals surface area (Å²) in [4.78, 5) is 0. The van der Waals surface area contributed by atoms with E-state index in [9.17, 15) is 13.2 Å². The van der Waals surface area contributed by atoms with Gasteiger partial charge in [-0.1, -0.05) is 23.7 Å². The van der Waals surface area contributed by atoms with Gasteiger partial charge in [-0.3, -0.25) is 0 Å². The van der Waals surface area contributed by atoms with E-state index in [-0.39, 0.29) is 0 Å². The van der Waals surface area contributed by atoms with Crippen LogP contribution >= 0.6 is 27.5 Å². The Labute approximate surface area is 134 Å². The molecule has 0 aromatic heterocycles. The number of aryl methyl sites for hydroxylation is 1. The summed E-state index contributed by atoms with van der Waals surface area (Å²) in [6.45, 7) is 1.62. The molecular formula is C15H12BrClF3N. The van der Waals surface area contributed by atoms with Gasteiger partial charge in [0.1, 0.15) is 0 Å². The van der Waals surface area contributed by atoms with E-state index in [0.29, 0.717) is 16.1 Å². The fourth-order valence-corrected chi connectivity index (χ4v) is 2.52. The third kappa shape index (κ3) is 3.59. The van der Waals surface area contributed by atoms with E-state index in [1.807, 2.05) is 0 Å². The van der Waals surface area contributed by atoms with Crippen LogP contribution in [-0.4, -0.2) is 0 Å². The average Bonchev–Trinajstić information content (AvgIpc) is 2.40. The van der Waals surface area contributed by atoms with Crippen molar-refractivity contribution in [1.82, 2.24) is 0 Å². The van der Waals surface area contributed by atoms with Gasteiger partial charge in [0.05, 0.1) is 16.6 Å². The Hall–Kier alpha value is -1.04. The largest absolute Gasteiger partial charge is 0.416 e. The summed E-state index contributed by atoms with van der Waals surface area (Å²) in [5, 5.41) is 0.507. The first-order valence-corrected chi connectivity index (χ1v) is 7.25. The van der Waals surface area contributed by atoms with Crippen molar-refractivity contribution in [2.24, 2.45) is 5.73 Å². The van der Waals surface area contributed by atoms with Gasteiger partial charge in [-0.2, -0.15) is 13.2 Å². The number of benzene rings is 2. The lowest BCUT2D eigenvalue weighted by atomic mass is 9.94. The fourth-order valence-electron chi connectivity index (χ4n) is 2.09. The molecule has 0 fully saturated rings. The summed E-state index contributed by atoms with van der Waals surface area (Å²) in [6, 6.07) is 8.29. The third-order valence-electron chi connectivity index (χ3n) is 3.23. The number of alkyl halides is 3. The molecule has 0 radical (unpaired) electrons. The second kappa shape index (κ2) is 5.99. The van der Waals surface area contributed by atoms with Crippen molar-refractivity contribution in [2.45, 2.75) is 19.1 Å². The van der Waals surface area contributed by atoms with E-state index in [2.05, 4.69) is 15.9 Å². The lowest BCUT2D eigenvalue weighted by Gasteiger charge is -2.17. The molecule has 0 amide bonds.